The summed E-state index contributed by atoms with van der Waals surface area (Å²) < 4.78 is 0. The van der Waals surface area contributed by atoms with Crippen LogP contribution in [0.3, 0.4) is 0 Å². The van der Waals surface area contributed by atoms with Crippen LogP contribution >= 0.6 is 0 Å². The summed E-state index contributed by atoms with van der Waals surface area (Å²) >= 11 is 0. The standard InChI is InChI=1S/C10H19N/c1-7-8-5-11(6-9(7)8)10(2,3)4/h7-9H,5-6H2,1-4H3/t7-,8+,9-. The smallest absolute Gasteiger partial charge is 0.0125 e. The highest BCUT2D eigenvalue weighted by molar-refractivity contribution is 5.05. The molecule has 2 fully saturated rings. The molecule has 11 heavy (non-hydrogen) atoms. The second-order valence-electron chi connectivity index (χ2n) is 5.26. The second-order valence-corrected chi connectivity index (χ2v) is 5.26. The van der Waals surface area contributed by atoms with Crippen molar-refractivity contribution in [2.45, 2.75) is 33.2 Å². The number of hydrogen-bond acceptors (Lipinski definition) is 1. The number of hydrogen-bond donors (Lipinski definition) is 0. The van der Waals surface area contributed by atoms with E-state index in [0.717, 1.165) is 17.8 Å². The van der Waals surface area contributed by atoms with E-state index < -0.39 is 0 Å². The van der Waals surface area contributed by atoms with Crippen LogP contribution in [0.15, 0.2) is 0 Å². The topological polar surface area (TPSA) is 3.24 Å². The summed E-state index contributed by atoms with van der Waals surface area (Å²) in [4.78, 5) is 2.63. The molecule has 3 atom stereocenters. The van der Waals surface area contributed by atoms with E-state index in [4.69, 9.17) is 0 Å². The summed E-state index contributed by atoms with van der Waals surface area (Å²) in [6.07, 6.45) is 0. The minimum absolute atomic E-state index is 0.410. The summed E-state index contributed by atoms with van der Waals surface area (Å²) in [5, 5.41) is 0. The molecule has 0 unspecified atom stereocenters. The first-order chi connectivity index (χ1) is 5.00. The first-order valence-electron chi connectivity index (χ1n) is 4.75. The molecule has 2 rings (SSSR count). The van der Waals surface area contributed by atoms with Gasteiger partial charge >= 0.3 is 0 Å². The molecule has 1 heterocycles. The van der Waals surface area contributed by atoms with Gasteiger partial charge in [0.05, 0.1) is 0 Å². The third-order valence-electron chi connectivity index (χ3n) is 3.57. The van der Waals surface area contributed by atoms with Gasteiger partial charge < -0.3 is 0 Å². The molecule has 0 N–H and O–H groups in total. The Morgan fingerprint density at radius 3 is 1.91 bits per heavy atom. The molecule has 1 saturated carbocycles. The highest BCUT2D eigenvalue weighted by atomic mass is 15.2. The van der Waals surface area contributed by atoms with Gasteiger partial charge in [-0.05, 0) is 38.5 Å². The van der Waals surface area contributed by atoms with E-state index in [0.29, 0.717) is 5.54 Å². The Morgan fingerprint density at radius 1 is 1.09 bits per heavy atom. The van der Waals surface area contributed by atoms with Gasteiger partial charge in [-0.25, -0.2) is 0 Å². The minimum atomic E-state index is 0.410. The Morgan fingerprint density at radius 2 is 1.55 bits per heavy atom. The van der Waals surface area contributed by atoms with Crippen LogP contribution in [-0.2, 0) is 0 Å². The summed E-state index contributed by atoms with van der Waals surface area (Å²) in [6, 6.07) is 0. The van der Waals surface area contributed by atoms with Crippen molar-refractivity contribution in [1.82, 2.24) is 4.90 Å². The van der Waals surface area contributed by atoms with Gasteiger partial charge in [0.1, 0.15) is 0 Å². The molecule has 64 valence electrons. The van der Waals surface area contributed by atoms with Crippen molar-refractivity contribution in [3.8, 4) is 0 Å². The zero-order chi connectivity index (χ0) is 8.22. The van der Waals surface area contributed by atoms with E-state index in [2.05, 4.69) is 32.6 Å². The molecule has 0 aromatic rings. The molecule has 1 heteroatoms. The van der Waals surface area contributed by atoms with Crippen molar-refractivity contribution >= 4 is 0 Å². The zero-order valence-electron chi connectivity index (χ0n) is 8.09. The van der Waals surface area contributed by atoms with Crippen LogP contribution in [0.2, 0.25) is 0 Å². The SMILES string of the molecule is C[C@H]1[C@H]2CN(C(C)(C)C)C[C@@H]12. The summed E-state index contributed by atoms with van der Waals surface area (Å²) in [5.41, 5.74) is 0.410. The van der Waals surface area contributed by atoms with Crippen LogP contribution in [0, 0.1) is 17.8 Å². The van der Waals surface area contributed by atoms with E-state index in [1.165, 1.54) is 13.1 Å². The van der Waals surface area contributed by atoms with Crippen molar-refractivity contribution in [2.75, 3.05) is 13.1 Å². The second kappa shape index (κ2) is 2.01. The Kier molecular flexibility index (Phi) is 1.39. The summed E-state index contributed by atoms with van der Waals surface area (Å²) in [7, 11) is 0. The fourth-order valence-corrected chi connectivity index (χ4v) is 2.37. The van der Waals surface area contributed by atoms with Crippen LogP contribution in [0.25, 0.3) is 0 Å². The third kappa shape index (κ3) is 1.10. The quantitative estimate of drug-likeness (QED) is 0.514. The lowest BCUT2D eigenvalue weighted by Crippen LogP contribution is -2.41. The van der Waals surface area contributed by atoms with E-state index in [1.807, 2.05) is 0 Å². The van der Waals surface area contributed by atoms with Crippen LogP contribution < -0.4 is 0 Å². The van der Waals surface area contributed by atoms with E-state index in [9.17, 15) is 0 Å². The highest BCUT2D eigenvalue weighted by Crippen LogP contribution is 2.52. The average molecular weight is 153 g/mol. The average Bonchev–Trinajstić information content (AvgIpc) is 2.39. The molecule has 2 aliphatic rings. The predicted molar refractivity (Wildman–Crippen MR) is 47.5 cm³/mol. The van der Waals surface area contributed by atoms with Gasteiger partial charge in [0.15, 0.2) is 0 Å². The van der Waals surface area contributed by atoms with Gasteiger partial charge in [-0.3, -0.25) is 4.90 Å². The molecule has 0 aromatic heterocycles. The molecule has 0 bridgehead atoms. The van der Waals surface area contributed by atoms with E-state index in [-0.39, 0.29) is 0 Å². The maximum atomic E-state index is 2.63. The van der Waals surface area contributed by atoms with Crippen LogP contribution in [-0.4, -0.2) is 23.5 Å². The molecular formula is C10H19N. The highest BCUT2D eigenvalue weighted by Gasteiger charge is 2.54. The van der Waals surface area contributed by atoms with Crippen LogP contribution in [0.4, 0.5) is 0 Å². The molecule has 1 aliphatic carbocycles. The van der Waals surface area contributed by atoms with E-state index in [1.54, 1.807) is 0 Å². The van der Waals surface area contributed by atoms with Crippen molar-refractivity contribution < 1.29 is 0 Å². The Hall–Kier alpha value is -0.0400. The first kappa shape index (κ1) is 7.60. The number of fused-ring (bicyclic) bond motifs is 1. The third-order valence-corrected chi connectivity index (χ3v) is 3.57. The number of nitrogens with zero attached hydrogens (tertiary/aromatic N) is 1. The maximum Gasteiger partial charge on any atom is 0.0125 e. The minimum Gasteiger partial charge on any atom is -0.298 e. The Labute approximate surface area is 69.8 Å². The summed E-state index contributed by atoms with van der Waals surface area (Å²) in [6.45, 7) is 12.1. The molecule has 0 spiro atoms. The maximum absolute atomic E-state index is 2.63. The molecule has 1 aliphatic heterocycles. The van der Waals surface area contributed by atoms with Crippen LogP contribution in [0.5, 0.6) is 0 Å². The van der Waals surface area contributed by atoms with Crippen molar-refractivity contribution in [3.05, 3.63) is 0 Å². The largest absolute Gasteiger partial charge is 0.298 e. The Balaban J connectivity index is 1.95. The molecule has 1 nitrogen and oxygen atoms in total. The normalized spacial score (nSPS) is 44.2. The van der Waals surface area contributed by atoms with Crippen LogP contribution in [0.1, 0.15) is 27.7 Å². The molecule has 0 aromatic carbocycles. The molecule has 1 saturated heterocycles. The van der Waals surface area contributed by atoms with Gasteiger partial charge in [-0.1, -0.05) is 6.92 Å². The van der Waals surface area contributed by atoms with Gasteiger partial charge in [0, 0.05) is 18.6 Å². The molecule has 0 amide bonds. The lowest BCUT2D eigenvalue weighted by molar-refractivity contribution is 0.148. The fourth-order valence-electron chi connectivity index (χ4n) is 2.37. The molecular weight excluding hydrogens is 134 g/mol. The number of rotatable bonds is 0. The van der Waals surface area contributed by atoms with Crippen molar-refractivity contribution in [2.24, 2.45) is 17.8 Å². The number of likely N-dealkylation sites (tertiary alicyclic amines) is 1. The van der Waals surface area contributed by atoms with Gasteiger partial charge in [-0.15, -0.1) is 0 Å². The predicted octanol–water partition coefficient (Wildman–Crippen LogP) is 1.98. The zero-order valence-corrected chi connectivity index (χ0v) is 8.09. The molecule has 0 radical (unpaired) electrons. The van der Waals surface area contributed by atoms with E-state index >= 15 is 0 Å². The Bertz CT molecular complexity index is 156. The van der Waals surface area contributed by atoms with Crippen molar-refractivity contribution in [1.29, 1.82) is 0 Å². The van der Waals surface area contributed by atoms with Crippen molar-refractivity contribution in [3.63, 3.8) is 0 Å². The van der Waals surface area contributed by atoms with Gasteiger partial charge in [0.25, 0.3) is 0 Å². The fraction of sp³-hybridized carbons (Fsp3) is 1.00. The lowest BCUT2D eigenvalue weighted by atomic mass is 10.1. The van der Waals surface area contributed by atoms with Gasteiger partial charge in [0.2, 0.25) is 0 Å². The first-order valence-corrected chi connectivity index (χ1v) is 4.75. The lowest BCUT2D eigenvalue weighted by Gasteiger charge is -2.33. The number of piperidine rings is 1. The van der Waals surface area contributed by atoms with Gasteiger partial charge in [-0.2, -0.15) is 0 Å². The summed E-state index contributed by atoms with van der Waals surface area (Å²) in [5.74, 6) is 3.14. The monoisotopic (exact) mass is 153 g/mol.